The van der Waals surface area contributed by atoms with Crippen molar-refractivity contribution in [2.75, 3.05) is 4.90 Å². The summed E-state index contributed by atoms with van der Waals surface area (Å²) < 4.78 is 12.7. The van der Waals surface area contributed by atoms with E-state index in [-0.39, 0.29) is 0 Å². The van der Waals surface area contributed by atoms with Crippen LogP contribution in [0.15, 0.2) is 173 Å². The van der Waals surface area contributed by atoms with E-state index in [2.05, 4.69) is 144 Å². The fourth-order valence-electron chi connectivity index (χ4n) is 7.90. The normalized spacial score (nSPS) is 12.1. The Labute approximate surface area is 280 Å². The highest BCUT2D eigenvalue weighted by Crippen LogP contribution is 2.45. The summed E-state index contributed by atoms with van der Waals surface area (Å²) in [5.41, 5.74) is 6.82. The summed E-state index contributed by atoms with van der Waals surface area (Å²) in [6, 6.07) is 58.6. The largest absolute Gasteiger partial charge is 0.456 e. The van der Waals surface area contributed by atoms with E-state index >= 15 is 0 Å². The van der Waals surface area contributed by atoms with Gasteiger partial charge in [-0.3, -0.25) is 0 Å². The summed E-state index contributed by atoms with van der Waals surface area (Å²) in [6.45, 7) is 0. The van der Waals surface area contributed by atoms with Crippen molar-refractivity contribution in [1.29, 1.82) is 0 Å². The molecule has 9 aromatic carbocycles. The third kappa shape index (κ3) is 3.90. The van der Waals surface area contributed by atoms with Crippen LogP contribution in [0.5, 0.6) is 0 Å². The average Bonchev–Trinajstić information content (AvgIpc) is 3.71. The number of hydrogen-bond acceptors (Lipinski definition) is 3. The molecule has 11 aromatic rings. The first-order valence-corrected chi connectivity index (χ1v) is 16.7. The summed E-state index contributed by atoms with van der Waals surface area (Å²) in [5, 5.41) is 14.1. The molecule has 11 rings (SSSR count). The molecule has 0 radical (unpaired) electrons. The topological polar surface area (TPSA) is 29.5 Å². The van der Waals surface area contributed by atoms with Crippen molar-refractivity contribution in [2.45, 2.75) is 0 Å². The van der Waals surface area contributed by atoms with Crippen molar-refractivity contribution < 1.29 is 8.83 Å². The second-order valence-corrected chi connectivity index (χ2v) is 12.9. The molecule has 0 bridgehead atoms. The lowest BCUT2D eigenvalue weighted by Gasteiger charge is -2.28. The van der Waals surface area contributed by atoms with Crippen LogP contribution in [0.2, 0.25) is 0 Å². The highest BCUT2D eigenvalue weighted by atomic mass is 16.3. The maximum atomic E-state index is 6.43. The van der Waals surface area contributed by atoms with E-state index < -0.39 is 0 Å². The van der Waals surface area contributed by atoms with Gasteiger partial charge in [-0.1, -0.05) is 103 Å². The molecule has 0 atom stereocenters. The molecule has 3 nitrogen and oxygen atoms in total. The van der Waals surface area contributed by atoms with Crippen LogP contribution < -0.4 is 4.90 Å². The predicted molar refractivity (Wildman–Crippen MR) is 206 cm³/mol. The number of anilines is 3. The van der Waals surface area contributed by atoms with Gasteiger partial charge in [0, 0.05) is 44.4 Å². The lowest BCUT2D eigenvalue weighted by molar-refractivity contribution is 0.669. The van der Waals surface area contributed by atoms with Gasteiger partial charge in [0.05, 0.1) is 5.69 Å². The molecule has 0 fully saturated rings. The number of para-hydroxylation sites is 2. The van der Waals surface area contributed by atoms with Crippen molar-refractivity contribution >= 4 is 104 Å². The van der Waals surface area contributed by atoms with Crippen LogP contribution >= 0.6 is 0 Å². The SMILES string of the molecule is c1ccc2c(c1)cc(N(c1ccc3c(c1)oc1ccccc13)c1ccc3ccc4cc5oc6ccccc6c5cc4c3c1)c1ccccc12. The number of nitrogens with zero attached hydrogens (tertiary/aromatic N) is 1. The molecule has 0 unspecified atom stereocenters. The Hall–Kier alpha value is -6.58. The molecule has 2 aromatic heterocycles. The third-order valence-corrected chi connectivity index (χ3v) is 10.2. The zero-order chi connectivity index (χ0) is 32.1. The minimum atomic E-state index is 0.870. The van der Waals surface area contributed by atoms with Crippen LogP contribution in [0.25, 0.3) is 87.0 Å². The Kier molecular flexibility index (Phi) is 5.38. The standard InChI is InChI=1S/C46H27NO2/c1-2-10-33-29(9-1)23-42(35-12-4-3-11-34(33)35)47(32-21-22-38-36-13-5-7-15-43(36)49-46(38)26-32)31-20-19-28-17-18-30-24-45-41(27-40(30)39(28)25-31)37-14-6-8-16-44(37)48-45/h1-27H. The van der Waals surface area contributed by atoms with E-state index in [1.165, 1.54) is 37.7 Å². The molecule has 49 heavy (non-hydrogen) atoms. The van der Waals surface area contributed by atoms with Gasteiger partial charge in [0.1, 0.15) is 22.3 Å². The zero-order valence-corrected chi connectivity index (χ0v) is 26.4. The highest BCUT2D eigenvalue weighted by Gasteiger charge is 2.20. The smallest absolute Gasteiger partial charge is 0.137 e. The van der Waals surface area contributed by atoms with Gasteiger partial charge in [0.15, 0.2) is 0 Å². The number of hydrogen-bond donors (Lipinski definition) is 0. The third-order valence-electron chi connectivity index (χ3n) is 10.2. The van der Waals surface area contributed by atoms with Gasteiger partial charge in [-0.25, -0.2) is 0 Å². The first-order valence-electron chi connectivity index (χ1n) is 16.7. The fourth-order valence-corrected chi connectivity index (χ4v) is 7.90. The zero-order valence-electron chi connectivity index (χ0n) is 26.4. The summed E-state index contributed by atoms with van der Waals surface area (Å²) in [4.78, 5) is 2.39. The van der Waals surface area contributed by atoms with Gasteiger partial charge in [-0.15, -0.1) is 0 Å². The molecule has 2 heterocycles. The molecule has 0 amide bonds. The van der Waals surface area contributed by atoms with E-state index in [1.54, 1.807) is 0 Å². The molecule has 3 heteroatoms. The average molecular weight is 626 g/mol. The Bertz CT molecular complexity index is 3130. The van der Waals surface area contributed by atoms with Crippen LogP contribution in [0.3, 0.4) is 0 Å². The Morgan fingerprint density at radius 2 is 0.816 bits per heavy atom. The van der Waals surface area contributed by atoms with E-state index in [0.717, 1.165) is 66.3 Å². The molecule has 0 saturated carbocycles. The quantitative estimate of drug-likeness (QED) is 0.183. The molecule has 0 saturated heterocycles. The van der Waals surface area contributed by atoms with E-state index in [4.69, 9.17) is 8.83 Å². The summed E-state index contributed by atoms with van der Waals surface area (Å²) >= 11 is 0. The van der Waals surface area contributed by atoms with E-state index in [1.807, 2.05) is 24.3 Å². The second-order valence-electron chi connectivity index (χ2n) is 12.9. The lowest BCUT2D eigenvalue weighted by Crippen LogP contribution is -2.10. The minimum absolute atomic E-state index is 0.870. The van der Waals surface area contributed by atoms with Crippen LogP contribution in [-0.4, -0.2) is 0 Å². The Morgan fingerprint density at radius 3 is 1.63 bits per heavy atom. The second kappa shape index (κ2) is 9.96. The lowest BCUT2D eigenvalue weighted by atomic mass is 9.97. The Morgan fingerprint density at radius 1 is 0.286 bits per heavy atom. The van der Waals surface area contributed by atoms with Gasteiger partial charge in [0.25, 0.3) is 0 Å². The fraction of sp³-hybridized carbons (Fsp3) is 0. The molecule has 0 aliphatic carbocycles. The van der Waals surface area contributed by atoms with Gasteiger partial charge < -0.3 is 13.7 Å². The van der Waals surface area contributed by atoms with E-state index in [0.29, 0.717) is 0 Å². The maximum Gasteiger partial charge on any atom is 0.137 e. The Balaban J connectivity index is 1.22. The van der Waals surface area contributed by atoms with Gasteiger partial charge in [-0.2, -0.15) is 0 Å². The summed E-state index contributed by atoms with van der Waals surface area (Å²) in [6.07, 6.45) is 0. The van der Waals surface area contributed by atoms with Gasteiger partial charge in [0.2, 0.25) is 0 Å². The first kappa shape index (κ1) is 26.5. The molecule has 0 aliphatic rings. The number of furan rings is 2. The molecule has 0 N–H and O–H groups in total. The molecular weight excluding hydrogens is 599 g/mol. The van der Waals surface area contributed by atoms with Crippen molar-refractivity contribution in [2.24, 2.45) is 0 Å². The van der Waals surface area contributed by atoms with Crippen LogP contribution in [0.1, 0.15) is 0 Å². The monoisotopic (exact) mass is 625 g/mol. The number of fused-ring (bicyclic) bond motifs is 12. The van der Waals surface area contributed by atoms with Crippen LogP contribution in [0, 0.1) is 0 Å². The van der Waals surface area contributed by atoms with Crippen molar-refractivity contribution in [3.8, 4) is 0 Å². The van der Waals surface area contributed by atoms with Gasteiger partial charge in [-0.05, 0) is 92.3 Å². The van der Waals surface area contributed by atoms with Crippen LogP contribution in [-0.2, 0) is 0 Å². The van der Waals surface area contributed by atoms with E-state index in [9.17, 15) is 0 Å². The summed E-state index contributed by atoms with van der Waals surface area (Å²) in [5.74, 6) is 0. The number of rotatable bonds is 3. The van der Waals surface area contributed by atoms with Crippen molar-refractivity contribution in [3.63, 3.8) is 0 Å². The van der Waals surface area contributed by atoms with Crippen LogP contribution in [0.4, 0.5) is 17.1 Å². The minimum Gasteiger partial charge on any atom is -0.456 e. The number of benzene rings is 9. The molecular formula is C46H27NO2. The van der Waals surface area contributed by atoms with Crippen molar-refractivity contribution in [3.05, 3.63) is 164 Å². The molecule has 0 aliphatic heterocycles. The summed E-state index contributed by atoms with van der Waals surface area (Å²) in [7, 11) is 0. The molecule has 0 spiro atoms. The molecule has 228 valence electrons. The first-order chi connectivity index (χ1) is 24.3. The maximum absolute atomic E-state index is 6.43. The van der Waals surface area contributed by atoms with Gasteiger partial charge >= 0.3 is 0 Å². The van der Waals surface area contributed by atoms with Crippen molar-refractivity contribution in [1.82, 2.24) is 0 Å². The highest BCUT2D eigenvalue weighted by molar-refractivity contribution is 6.18. The predicted octanol–water partition coefficient (Wildman–Crippen LogP) is 13.6.